The number of ether oxygens (including phenoxy) is 1. The highest BCUT2D eigenvalue weighted by Crippen LogP contribution is 2.29. The number of nitrogens with one attached hydrogen (secondary N) is 2. The Morgan fingerprint density at radius 1 is 1.11 bits per heavy atom. The quantitative estimate of drug-likeness (QED) is 0.429. The Bertz CT molecular complexity index is 1060. The lowest BCUT2D eigenvalue weighted by Crippen LogP contribution is -2.27. The Morgan fingerprint density at radius 2 is 1.77 bits per heavy atom. The molecule has 186 valence electrons. The van der Waals surface area contributed by atoms with Gasteiger partial charge in [-0.15, -0.1) is 0 Å². The first-order valence-electron chi connectivity index (χ1n) is 11.2. The number of amides is 1. The van der Waals surface area contributed by atoms with Gasteiger partial charge >= 0.3 is 11.9 Å². The maximum Gasteiger partial charge on any atom is 0.328 e. The number of aromatic nitrogens is 2. The molecule has 1 amide bonds. The van der Waals surface area contributed by atoms with E-state index in [4.69, 9.17) is 14.9 Å². The number of rotatable bonds is 7. The number of carboxylic acid groups (broad SMARTS) is 2. The van der Waals surface area contributed by atoms with Crippen LogP contribution in [0.3, 0.4) is 0 Å². The fourth-order valence-electron chi connectivity index (χ4n) is 3.92. The number of hydrogen-bond donors (Lipinski definition) is 4. The molecule has 4 N–H and O–H groups in total. The number of carbonyl (C=O) groups is 3. The number of anilines is 2. The van der Waals surface area contributed by atoms with Crippen molar-refractivity contribution in [3.8, 4) is 5.75 Å². The van der Waals surface area contributed by atoms with Gasteiger partial charge in [-0.25, -0.2) is 14.6 Å². The lowest BCUT2D eigenvalue weighted by Gasteiger charge is -2.18. The fourth-order valence-corrected chi connectivity index (χ4v) is 3.92. The maximum absolute atomic E-state index is 12.6. The van der Waals surface area contributed by atoms with Crippen molar-refractivity contribution in [1.29, 1.82) is 0 Å². The van der Waals surface area contributed by atoms with Crippen molar-refractivity contribution in [1.82, 2.24) is 15.3 Å². The van der Waals surface area contributed by atoms with E-state index in [1.807, 2.05) is 38.1 Å². The number of benzene rings is 1. The van der Waals surface area contributed by atoms with Crippen LogP contribution in [-0.4, -0.2) is 70.3 Å². The highest BCUT2D eigenvalue weighted by atomic mass is 16.5. The standard InChI is InChI=1S/C20H25N5O2.C4H4O4/c1-13(2)27-17-5-3-4-16(6-17)23-20(26)18-9-22-10-19(24-18)25-11-14-7-21-8-15(14)12-25;5-3(6)1-2-4(7)8/h3-6,9-10,13-15,21H,7-8,11-12H2,1-2H3,(H,23,26);1-2H,(H,5,6)(H,7,8)/b;2-1+/t14-,15+;. The second-order valence-corrected chi connectivity index (χ2v) is 8.50. The molecule has 0 saturated carbocycles. The molecule has 2 atom stereocenters. The largest absolute Gasteiger partial charge is 0.491 e. The molecular weight excluding hydrogens is 454 g/mol. The monoisotopic (exact) mass is 483 g/mol. The Kier molecular flexibility index (Phi) is 8.74. The number of nitrogens with zero attached hydrogens (tertiary/aromatic N) is 3. The van der Waals surface area contributed by atoms with Crippen LogP contribution in [-0.2, 0) is 9.59 Å². The predicted octanol–water partition coefficient (Wildman–Crippen LogP) is 1.88. The van der Waals surface area contributed by atoms with Gasteiger partial charge in [-0.2, -0.15) is 0 Å². The number of fused-ring (bicyclic) bond motifs is 1. The van der Waals surface area contributed by atoms with Gasteiger partial charge in [-0.1, -0.05) is 6.07 Å². The van der Waals surface area contributed by atoms with Crippen LogP contribution in [0.2, 0.25) is 0 Å². The summed E-state index contributed by atoms with van der Waals surface area (Å²) in [6, 6.07) is 7.36. The van der Waals surface area contributed by atoms with Crippen LogP contribution in [0.15, 0.2) is 48.8 Å². The van der Waals surface area contributed by atoms with Crippen LogP contribution in [0, 0.1) is 11.8 Å². The molecule has 0 radical (unpaired) electrons. The maximum atomic E-state index is 12.6. The molecule has 0 unspecified atom stereocenters. The summed E-state index contributed by atoms with van der Waals surface area (Å²) >= 11 is 0. The molecule has 35 heavy (non-hydrogen) atoms. The first-order valence-corrected chi connectivity index (χ1v) is 11.2. The van der Waals surface area contributed by atoms with E-state index in [1.54, 1.807) is 6.20 Å². The van der Waals surface area contributed by atoms with E-state index in [0.717, 1.165) is 37.7 Å². The third-order valence-electron chi connectivity index (χ3n) is 5.40. The van der Waals surface area contributed by atoms with Crippen LogP contribution in [0.1, 0.15) is 24.3 Å². The van der Waals surface area contributed by atoms with E-state index in [0.29, 0.717) is 35.4 Å². The lowest BCUT2D eigenvalue weighted by molar-refractivity contribution is -0.134. The zero-order valence-corrected chi connectivity index (χ0v) is 19.5. The summed E-state index contributed by atoms with van der Waals surface area (Å²) in [5.41, 5.74) is 0.991. The van der Waals surface area contributed by atoms with Gasteiger partial charge in [0.1, 0.15) is 17.3 Å². The van der Waals surface area contributed by atoms with Crippen molar-refractivity contribution >= 4 is 29.4 Å². The Hall–Kier alpha value is -3.99. The molecule has 2 aliphatic heterocycles. The third kappa shape index (κ3) is 7.78. The van der Waals surface area contributed by atoms with E-state index >= 15 is 0 Å². The molecule has 2 saturated heterocycles. The van der Waals surface area contributed by atoms with E-state index in [2.05, 4.69) is 25.5 Å². The second kappa shape index (κ2) is 11.9. The van der Waals surface area contributed by atoms with Gasteiger partial charge in [0.25, 0.3) is 5.91 Å². The number of aliphatic carboxylic acids is 2. The molecule has 2 aliphatic rings. The van der Waals surface area contributed by atoms with Crippen molar-refractivity contribution in [2.45, 2.75) is 20.0 Å². The molecule has 1 aromatic carbocycles. The molecular formula is C24H29N5O6. The van der Waals surface area contributed by atoms with Crippen LogP contribution in [0.4, 0.5) is 11.5 Å². The Morgan fingerprint density at radius 3 is 2.37 bits per heavy atom. The Labute approximate surface area is 202 Å². The van der Waals surface area contributed by atoms with Gasteiger partial charge < -0.3 is 30.5 Å². The van der Waals surface area contributed by atoms with E-state index in [-0.39, 0.29) is 12.0 Å². The minimum atomic E-state index is -1.26. The first kappa shape index (κ1) is 25.6. The van der Waals surface area contributed by atoms with Gasteiger partial charge in [0.2, 0.25) is 0 Å². The summed E-state index contributed by atoms with van der Waals surface area (Å²) in [6.45, 7) is 7.98. The van der Waals surface area contributed by atoms with Crippen molar-refractivity contribution in [3.05, 3.63) is 54.5 Å². The molecule has 11 heteroatoms. The van der Waals surface area contributed by atoms with Gasteiger partial charge in [0.15, 0.2) is 0 Å². The fraction of sp³-hybridized carbons (Fsp3) is 0.375. The minimum Gasteiger partial charge on any atom is -0.491 e. The summed E-state index contributed by atoms with van der Waals surface area (Å²) in [6.07, 6.45) is 4.44. The van der Waals surface area contributed by atoms with Gasteiger partial charge in [-0.3, -0.25) is 9.78 Å². The lowest BCUT2D eigenvalue weighted by atomic mass is 10.0. The summed E-state index contributed by atoms with van der Waals surface area (Å²) in [7, 11) is 0. The first-order chi connectivity index (χ1) is 16.7. The molecule has 4 rings (SSSR count). The van der Waals surface area contributed by atoms with Crippen LogP contribution in [0.25, 0.3) is 0 Å². The zero-order chi connectivity index (χ0) is 25.4. The van der Waals surface area contributed by atoms with E-state index in [9.17, 15) is 14.4 Å². The zero-order valence-electron chi connectivity index (χ0n) is 19.5. The molecule has 11 nitrogen and oxygen atoms in total. The summed E-state index contributed by atoms with van der Waals surface area (Å²) < 4.78 is 5.67. The molecule has 3 heterocycles. The number of carbonyl (C=O) groups excluding carboxylic acids is 1. The van der Waals surface area contributed by atoms with Gasteiger partial charge in [0.05, 0.1) is 18.5 Å². The van der Waals surface area contributed by atoms with Crippen LogP contribution < -0.4 is 20.3 Å². The van der Waals surface area contributed by atoms with Crippen molar-refractivity contribution < 1.29 is 29.3 Å². The summed E-state index contributed by atoms with van der Waals surface area (Å²) in [5.74, 6) is 0.0293. The molecule has 0 spiro atoms. The predicted molar refractivity (Wildman–Crippen MR) is 129 cm³/mol. The smallest absolute Gasteiger partial charge is 0.328 e. The molecule has 2 fully saturated rings. The average Bonchev–Trinajstić information content (AvgIpc) is 3.41. The highest BCUT2D eigenvalue weighted by molar-refractivity contribution is 6.03. The average molecular weight is 484 g/mol. The van der Waals surface area contributed by atoms with Gasteiger partial charge in [-0.05, 0) is 37.8 Å². The van der Waals surface area contributed by atoms with Crippen LogP contribution >= 0.6 is 0 Å². The van der Waals surface area contributed by atoms with Crippen molar-refractivity contribution in [2.24, 2.45) is 11.8 Å². The molecule has 2 aromatic rings. The van der Waals surface area contributed by atoms with Crippen molar-refractivity contribution in [3.63, 3.8) is 0 Å². The Balaban J connectivity index is 0.000000371. The highest BCUT2D eigenvalue weighted by Gasteiger charge is 2.36. The molecule has 1 aromatic heterocycles. The number of carboxylic acids is 2. The molecule has 0 aliphatic carbocycles. The minimum absolute atomic E-state index is 0.0775. The van der Waals surface area contributed by atoms with Gasteiger partial charge in [0, 0.05) is 50.1 Å². The third-order valence-corrected chi connectivity index (χ3v) is 5.40. The normalized spacial score (nSPS) is 18.7. The SMILES string of the molecule is CC(C)Oc1cccc(NC(=O)c2cncc(N3C[C@H]4CNC[C@H]4C3)n2)c1.O=C(O)/C=C/C(=O)O. The second-order valence-electron chi connectivity index (χ2n) is 8.50. The topological polar surface area (TPSA) is 154 Å². The molecule has 0 bridgehead atoms. The van der Waals surface area contributed by atoms with Crippen LogP contribution in [0.5, 0.6) is 5.75 Å². The van der Waals surface area contributed by atoms with E-state index in [1.165, 1.54) is 6.20 Å². The van der Waals surface area contributed by atoms with Crippen molar-refractivity contribution in [2.75, 3.05) is 36.4 Å². The summed E-state index contributed by atoms with van der Waals surface area (Å²) in [5, 5.41) is 21.9. The van der Waals surface area contributed by atoms with E-state index < -0.39 is 11.9 Å². The summed E-state index contributed by atoms with van der Waals surface area (Å²) in [4.78, 5) is 42.8. The number of hydrogen-bond acceptors (Lipinski definition) is 8.